The normalized spacial score (nSPS) is 24.6. The van der Waals surface area contributed by atoms with Crippen molar-refractivity contribution in [3.63, 3.8) is 0 Å². The topological polar surface area (TPSA) is 55.2 Å². The molecule has 2 fully saturated rings. The van der Waals surface area contributed by atoms with Crippen LogP contribution in [0.15, 0.2) is 41.5 Å². The van der Waals surface area contributed by atoms with Crippen molar-refractivity contribution in [2.24, 2.45) is 11.8 Å². The highest BCUT2D eigenvalue weighted by Crippen LogP contribution is 2.37. The van der Waals surface area contributed by atoms with Crippen LogP contribution >= 0.6 is 0 Å². The zero-order valence-corrected chi connectivity index (χ0v) is 16.2. The minimum absolute atomic E-state index is 0.0762. The van der Waals surface area contributed by atoms with Gasteiger partial charge >= 0.3 is 0 Å². The van der Waals surface area contributed by atoms with Gasteiger partial charge in [0.2, 0.25) is 5.91 Å². The molecule has 4 heterocycles. The summed E-state index contributed by atoms with van der Waals surface area (Å²) < 4.78 is 1.96. The molecule has 2 aromatic rings. The molecule has 0 radical (unpaired) electrons. The first-order valence-corrected chi connectivity index (χ1v) is 10.6. The predicted molar refractivity (Wildman–Crippen MR) is 108 cm³/mol. The Kier molecular flexibility index (Phi) is 4.53. The summed E-state index contributed by atoms with van der Waals surface area (Å²) in [4.78, 5) is 32.5. The van der Waals surface area contributed by atoms with Crippen molar-refractivity contribution in [1.82, 2.24) is 14.5 Å². The van der Waals surface area contributed by atoms with Gasteiger partial charge in [-0.25, -0.2) is 0 Å². The Morgan fingerprint density at radius 1 is 1.04 bits per heavy atom. The molecule has 146 valence electrons. The molecule has 2 atom stereocenters. The third-order valence-electron chi connectivity index (χ3n) is 6.84. The van der Waals surface area contributed by atoms with E-state index in [0.717, 1.165) is 43.6 Å². The molecule has 0 aromatic carbocycles. The predicted octanol–water partition coefficient (Wildman–Crippen LogP) is 3.44. The van der Waals surface area contributed by atoms with Gasteiger partial charge in [0, 0.05) is 60.7 Å². The Balaban J connectivity index is 1.42. The molecule has 3 aliphatic rings. The standard InChI is InChI=1S/C23H27N3O2/c27-22(17-5-2-1-3-6-17)25-13-16-11-19(15-25)21-9-8-20(23(28)26(21)14-16)18-7-4-10-24-12-18/h4,7-10,12,16-17,19H,1-3,5-6,11,13-15H2/t16-,19-/m1/s1. The van der Waals surface area contributed by atoms with E-state index in [2.05, 4.69) is 16.0 Å². The first kappa shape index (κ1) is 17.7. The summed E-state index contributed by atoms with van der Waals surface area (Å²) in [7, 11) is 0. The minimum Gasteiger partial charge on any atom is -0.341 e. The van der Waals surface area contributed by atoms with Gasteiger partial charge in [0.25, 0.3) is 5.56 Å². The van der Waals surface area contributed by atoms with Crippen LogP contribution in [0.25, 0.3) is 11.1 Å². The number of likely N-dealkylation sites (tertiary alicyclic amines) is 1. The van der Waals surface area contributed by atoms with Gasteiger partial charge in [0.05, 0.1) is 0 Å². The number of rotatable bonds is 2. The van der Waals surface area contributed by atoms with E-state index >= 15 is 0 Å². The van der Waals surface area contributed by atoms with E-state index in [9.17, 15) is 9.59 Å². The van der Waals surface area contributed by atoms with Gasteiger partial charge in [0.15, 0.2) is 0 Å². The molecule has 0 unspecified atom stereocenters. The lowest BCUT2D eigenvalue weighted by atomic mass is 9.81. The van der Waals surface area contributed by atoms with Crippen molar-refractivity contribution in [2.45, 2.75) is 51.0 Å². The molecule has 5 nitrogen and oxygen atoms in total. The van der Waals surface area contributed by atoms with E-state index in [4.69, 9.17) is 0 Å². The maximum Gasteiger partial charge on any atom is 0.258 e. The Labute approximate surface area is 165 Å². The van der Waals surface area contributed by atoms with Crippen molar-refractivity contribution >= 4 is 5.91 Å². The lowest BCUT2D eigenvalue weighted by Crippen LogP contribution is -2.50. The Morgan fingerprint density at radius 2 is 1.89 bits per heavy atom. The molecule has 1 aliphatic carbocycles. The van der Waals surface area contributed by atoms with E-state index in [1.807, 2.05) is 22.8 Å². The van der Waals surface area contributed by atoms with Gasteiger partial charge in [-0.2, -0.15) is 0 Å². The number of fused-ring (bicyclic) bond motifs is 4. The van der Waals surface area contributed by atoms with Crippen molar-refractivity contribution in [2.75, 3.05) is 13.1 Å². The van der Waals surface area contributed by atoms with Crippen molar-refractivity contribution in [3.05, 3.63) is 52.7 Å². The van der Waals surface area contributed by atoms with Gasteiger partial charge in [-0.1, -0.05) is 25.3 Å². The molecule has 5 heteroatoms. The lowest BCUT2D eigenvalue weighted by Gasteiger charge is -2.44. The van der Waals surface area contributed by atoms with E-state index in [1.54, 1.807) is 12.4 Å². The number of nitrogens with zero attached hydrogens (tertiary/aromatic N) is 3. The molecule has 1 amide bonds. The molecular weight excluding hydrogens is 350 g/mol. The number of carbonyl (C=O) groups is 1. The number of hydrogen-bond donors (Lipinski definition) is 0. The van der Waals surface area contributed by atoms with Gasteiger partial charge in [0.1, 0.15) is 0 Å². The monoisotopic (exact) mass is 377 g/mol. The second kappa shape index (κ2) is 7.19. The molecule has 0 N–H and O–H groups in total. The van der Waals surface area contributed by atoms with Gasteiger partial charge in [-0.15, -0.1) is 0 Å². The van der Waals surface area contributed by atoms with E-state index in [1.165, 1.54) is 19.3 Å². The van der Waals surface area contributed by atoms with Crippen LogP contribution in [-0.4, -0.2) is 33.4 Å². The summed E-state index contributed by atoms with van der Waals surface area (Å²) in [6, 6.07) is 7.83. The highest BCUT2D eigenvalue weighted by Gasteiger charge is 2.38. The third-order valence-corrected chi connectivity index (χ3v) is 6.84. The van der Waals surface area contributed by atoms with Crippen molar-refractivity contribution in [1.29, 1.82) is 0 Å². The lowest BCUT2D eigenvalue weighted by molar-refractivity contribution is -0.139. The zero-order valence-electron chi connectivity index (χ0n) is 16.2. The summed E-state index contributed by atoms with van der Waals surface area (Å²) in [5, 5.41) is 0. The summed E-state index contributed by atoms with van der Waals surface area (Å²) in [6.07, 6.45) is 10.3. The highest BCUT2D eigenvalue weighted by molar-refractivity contribution is 5.79. The maximum absolute atomic E-state index is 13.2. The number of aromatic nitrogens is 2. The number of carbonyl (C=O) groups excluding carboxylic acids is 1. The molecule has 28 heavy (non-hydrogen) atoms. The van der Waals surface area contributed by atoms with E-state index in [-0.39, 0.29) is 17.4 Å². The quantitative estimate of drug-likeness (QED) is 0.806. The highest BCUT2D eigenvalue weighted by atomic mass is 16.2. The fraction of sp³-hybridized carbons (Fsp3) is 0.522. The largest absolute Gasteiger partial charge is 0.341 e. The molecule has 1 saturated heterocycles. The third kappa shape index (κ3) is 3.07. The molecule has 2 aromatic heterocycles. The Morgan fingerprint density at radius 3 is 2.68 bits per heavy atom. The van der Waals surface area contributed by atoms with Crippen LogP contribution < -0.4 is 5.56 Å². The summed E-state index contributed by atoms with van der Waals surface area (Å²) >= 11 is 0. The zero-order chi connectivity index (χ0) is 19.1. The van der Waals surface area contributed by atoms with Crippen LogP contribution in [0.1, 0.15) is 50.1 Å². The van der Waals surface area contributed by atoms with Gasteiger partial charge in [-0.3, -0.25) is 14.6 Å². The van der Waals surface area contributed by atoms with E-state index < -0.39 is 0 Å². The smallest absolute Gasteiger partial charge is 0.258 e. The van der Waals surface area contributed by atoms with Gasteiger partial charge < -0.3 is 9.47 Å². The number of amides is 1. The summed E-state index contributed by atoms with van der Waals surface area (Å²) in [5.41, 5.74) is 2.75. The van der Waals surface area contributed by atoms with Crippen LogP contribution in [0.4, 0.5) is 0 Å². The molecule has 2 bridgehead atoms. The molecule has 2 aliphatic heterocycles. The Bertz CT molecular complexity index is 931. The second-order valence-corrected chi connectivity index (χ2v) is 8.71. The average molecular weight is 377 g/mol. The summed E-state index contributed by atoms with van der Waals surface area (Å²) in [6.45, 7) is 2.28. The minimum atomic E-state index is 0.0762. The van der Waals surface area contributed by atoms with Crippen LogP contribution in [0.2, 0.25) is 0 Å². The first-order valence-electron chi connectivity index (χ1n) is 10.6. The number of hydrogen-bond acceptors (Lipinski definition) is 3. The average Bonchev–Trinajstić information content (AvgIpc) is 2.75. The maximum atomic E-state index is 13.2. The fourth-order valence-corrected chi connectivity index (χ4v) is 5.48. The van der Waals surface area contributed by atoms with E-state index in [0.29, 0.717) is 23.9 Å². The van der Waals surface area contributed by atoms with Crippen LogP contribution in [-0.2, 0) is 11.3 Å². The molecular formula is C23H27N3O2. The van der Waals surface area contributed by atoms with Crippen LogP contribution in [0.3, 0.4) is 0 Å². The van der Waals surface area contributed by atoms with Gasteiger partial charge in [-0.05, 0) is 43.4 Å². The fourth-order valence-electron chi connectivity index (χ4n) is 5.48. The van der Waals surface area contributed by atoms with Crippen molar-refractivity contribution < 1.29 is 4.79 Å². The SMILES string of the molecule is O=C(C1CCCCC1)N1C[C@H]2C[C@H](C1)c1ccc(-c3cccnc3)c(=O)n1C2. The molecule has 5 rings (SSSR count). The molecule has 0 spiro atoms. The van der Waals surface area contributed by atoms with Crippen LogP contribution in [0, 0.1) is 11.8 Å². The number of pyridine rings is 2. The Hall–Kier alpha value is -2.43. The second-order valence-electron chi connectivity index (χ2n) is 8.71. The molecule has 1 saturated carbocycles. The van der Waals surface area contributed by atoms with Crippen LogP contribution in [0.5, 0.6) is 0 Å². The van der Waals surface area contributed by atoms with Crippen molar-refractivity contribution in [3.8, 4) is 11.1 Å². The summed E-state index contributed by atoms with van der Waals surface area (Å²) in [5.74, 6) is 1.23. The number of piperidine rings is 1. The first-order chi connectivity index (χ1) is 13.7.